The van der Waals surface area contributed by atoms with Crippen LogP contribution in [0.1, 0.15) is 64.2 Å². The first-order valence-corrected chi connectivity index (χ1v) is 13.4. The zero-order valence-corrected chi connectivity index (χ0v) is 21.4. The molecule has 1 amide bonds. The van der Waals surface area contributed by atoms with E-state index in [1.807, 2.05) is 0 Å². The van der Waals surface area contributed by atoms with Gasteiger partial charge in [-0.25, -0.2) is 5.48 Å². The number of carboxylic acids is 2. The molecule has 0 bridgehead atoms. The molecule has 3 aliphatic carbocycles. The molecular formula is C24H38N4O10. The molecule has 38 heavy (non-hydrogen) atoms. The van der Waals surface area contributed by atoms with Crippen molar-refractivity contribution in [3.8, 4) is 0 Å². The fourth-order valence-electron chi connectivity index (χ4n) is 6.22. The number of nitrogens with zero attached hydrogens (tertiary/aromatic N) is 2. The van der Waals surface area contributed by atoms with Gasteiger partial charge in [-0.15, -0.1) is 0 Å². The number of carbonyl (C=O) groups is 3. The van der Waals surface area contributed by atoms with E-state index >= 15 is 0 Å². The number of carbonyl (C=O) groups excluding carboxylic acids is 1. The summed E-state index contributed by atoms with van der Waals surface area (Å²) in [6.45, 7) is 1.06. The summed E-state index contributed by atoms with van der Waals surface area (Å²) in [5.74, 6) is -4.80. The van der Waals surface area contributed by atoms with Crippen LogP contribution in [0.3, 0.4) is 0 Å². The highest BCUT2D eigenvalue weighted by molar-refractivity contribution is 5.85. The van der Waals surface area contributed by atoms with E-state index in [1.54, 1.807) is 0 Å². The average molecular weight is 543 g/mol. The minimum absolute atomic E-state index is 0.0605. The Morgan fingerprint density at radius 2 is 1.26 bits per heavy atom. The molecule has 6 unspecified atom stereocenters. The molecule has 3 rings (SSSR count). The molecule has 6 atom stereocenters. The van der Waals surface area contributed by atoms with E-state index in [4.69, 9.17) is 4.84 Å². The van der Waals surface area contributed by atoms with Gasteiger partial charge in [-0.1, -0.05) is 0 Å². The molecule has 3 aliphatic rings. The molecule has 0 heterocycles. The smallest absolute Gasteiger partial charge is 0.307 e. The second-order valence-electron chi connectivity index (χ2n) is 11.1. The quantitative estimate of drug-likeness (QED) is 0.158. The first-order valence-electron chi connectivity index (χ1n) is 13.4. The van der Waals surface area contributed by atoms with E-state index < -0.39 is 58.5 Å². The molecule has 14 heteroatoms. The Morgan fingerprint density at radius 3 is 1.82 bits per heavy atom. The predicted molar refractivity (Wildman–Crippen MR) is 131 cm³/mol. The average Bonchev–Trinajstić information content (AvgIpc) is 2.89. The summed E-state index contributed by atoms with van der Waals surface area (Å²) in [4.78, 5) is 62.8. The Kier molecular flexibility index (Phi) is 10.8. The number of nitro groups is 2. The van der Waals surface area contributed by atoms with Crippen LogP contribution < -0.4 is 10.8 Å². The van der Waals surface area contributed by atoms with Gasteiger partial charge in [0.15, 0.2) is 0 Å². The summed E-state index contributed by atoms with van der Waals surface area (Å²) in [5, 5.41) is 44.0. The van der Waals surface area contributed by atoms with E-state index in [0.717, 1.165) is 25.7 Å². The molecular weight excluding hydrogens is 504 g/mol. The zero-order chi connectivity index (χ0) is 27.8. The molecule has 214 valence electrons. The number of hydroxylamine groups is 1. The van der Waals surface area contributed by atoms with Gasteiger partial charge in [0.1, 0.15) is 0 Å². The minimum atomic E-state index is -1.10. The number of hydrogen-bond acceptors (Lipinski definition) is 9. The Morgan fingerprint density at radius 1 is 0.737 bits per heavy atom. The third kappa shape index (κ3) is 8.06. The van der Waals surface area contributed by atoms with Crippen molar-refractivity contribution < 1.29 is 39.3 Å². The zero-order valence-electron chi connectivity index (χ0n) is 21.4. The summed E-state index contributed by atoms with van der Waals surface area (Å²) in [6.07, 6.45) is 4.40. The van der Waals surface area contributed by atoms with Gasteiger partial charge in [0.2, 0.25) is 18.0 Å². The first kappa shape index (κ1) is 29.7. The molecule has 4 N–H and O–H groups in total. The van der Waals surface area contributed by atoms with Crippen LogP contribution in [0.25, 0.3) is 0 Å². The first-order chi connectivity index (χ1) is 18.1. The van der Waals surface area contributed by atoms with Crippen molar-refractivity contribution in [3.63, 3.8) is 0 Å². The molecule has 0 aromatic rings. The van der Waals surface area contributed by atoms with Gasteiger partial charge in [-0.3, -0.25) is 34.6 Å². The van der Waals surface area contributed by atoms with Crippen molar-refractivity contribution >= 4 is 17.8 Å². The summed E-state index contributed by atoms with van der Waals surface area (Å²) >= 11 is 0. The van der Waals surface area contributed by atoms with Crippen LogP contribution in [-0.4, -0.2) is 69.7 Å². The second-order valence-corrected chi connectivity index (χ2v) is 11.1. The maximum Gasteiger partial charge on any atom is 0.307 e. The molecule has 0 aromatic carbocycles. The normalized spacial score (nSPS) is 33.7. The van der Waals surface area contributed by atoms with Crippen LogP contribution in [0.4, 0.5) is 0 Å². The van der Waals surface area contributed by atoms with Crippen LogP contribution in [0.2, 0.25) is 0 Å². The van der Waals surface area contributed by atoms with Crippen molar-refractivity contribution in [1.29, 1.82) is 0 Å². The fraction of sp³-hybridized carbons (Fsp3) is 0.875. The third-order valence-electron chi connectivity index (χ3n) is 8.65. The molecule has 3 fully saturated rings. The predicted octanol–water partition coefficient (Wildman–Crippen LogP) is 1.72. The fourth-order valence-corrected chi connectivity index (χ4v) is 6.22. The lowest BCUT2D eigenvalue weighted by molar-refractivity contribution is -0.528. The number of carboxylic acid groups (broad SMARTS) is 2. The summed E-state index contributed by atoms with van der Waals surface area (Å²) in [7, 11) is 0. The van der Waals surface area contributed by atoms with Gasteiger partial charge in [-0.05, 0) is 50.4 Å². The summed E-state index contributed by atoms with van der Waals surface area (Å²) in [6, 6.07) is -1.63. The number of amides is 1. The topological polar surface area (TPSA) is 211 Å². The second kappa shape index (κ2) is 13.8. The summed E-state index contributed by atoms with van der Waals surface area (Å²) in [5.41, 5.74) is 2.90. The molecule has 0 aliphatic heterocycles. The third-order valence-corrected chi connectivity index (χ3v) is 8.65. The lowest BCUT2D eigenvalue weighted by Crippen LogP contribution is -2.45. The highest BCUT2D eigenvalue weighted by atomic mass is 16.6. The Labute approximate surface area is 220 Å². The number of hydrogen-bond donors (Lipinski definition) is 4. The van der Waals surface area contributed by atoms with E-state index in [-0.39, 0.29) is 56.0 Å². The van der Waals surface area contributed by atoms with Crippen LogP contribution in [-0.2, 0) is 19.2 Å². The summed E-state index contributed by atoms with van der Waals surface area (Å²) < 4.78 is 0. The van der Waals surface area contributed by atoms with Crippen LogP contribution in [0.5, 0.6) is 0 Å². The minimum Gasteiger partial charge on any atom is -0.481 e. The number of nitrogens with one attached hydrogen (secondary N) is 2. The van der Waals surface area contributed by atoms with Crippen molar-refractivity contribution in [2.24, 2.45) is 35.5 Å². The van der Waals surface area contributed by atoms with E-state index in [2.05, 4.69) is 10.8 Å². The highest BCUT2D eigenvalue weighted by Crippen LogP contribution is 2.34. The van der Waals surface area contributed by atoms with Crippen LogP contribution in [0.15, 0.2) is 0 Å². The molecule has 3 saturated carbocycles. The Hall–Kier alpha value is -2.87. The van der Waals surface area contributed by atoms with Crippen molar-refractivity contribution in [2.45, 2.75) is 76.3 Å². The Bertz CT molecular complexity index is 878. The monoisotopic (exact) mass is 542 g/mol. The van der Waals surface area contributed by atoms with Gasteiger partial charge in [-0.2, -0.15) is 0 Å². The number of rotatable bonds is 12. The largest absolute Gasteiger partial charge is 0.481 e. The molecule has 14 nitrogen and oxygen atoms in total. The molecule has 0 aromatic heterocycles. The van der Waals surface area contributed by atoms with E-state index in [0.29, 0.717) is 19.0 Å². The van der Waals surface area contributed by atoms with E-state index in [1.165, 1.54) is 0 Å². The SMILES string of the molecule is O=C(O)C1CCC([N+](=O)[O-])CC1CONCC1CCC(CNC(=O)C2CC([N+](=O)[O-])CCC2C(=O)O)CC1. The standard InChI is InChI=1S/C24H38N4O10/c29-22(21-10-18(28(36)37)6-8-20(21)24(32)33)25-11-14-1-3-15(4-2-14)12-26-38-13-16-9-17(27(34)35)5-7-19(16)23(30)31/h14-21,26H,1-13H2,(H,25,29)(H,30,31)(H,32,33). The molecule has 0 radical (unpaired) electrons. The lowest BCUT2D eigenvalue weighted by Gasteiger charge is -2.32. The van der Waals surface area contributed by atoms with Crippen molar-refractivity contribution in [1.82, 2.24) is 10.8 Å². The van der Waals surface area contributed by atoms with Crippen LogP contribution >= 0.6 is 0 Å². The highest BCUT2D eigenvalue weighted by Gasteiger charge is 2.43. The van der Waals surface area contributed by atoms with Gasteiger partial charge in [0.25, 0.3) is 0 Å². The van der Waals surface area contributed by atoms with Crippen molar-refractivity contribution in [3.05, 3.63) is 20.2 Å². The maximum absolute atomic E-state index is 12.7. The van der Waals surface area contributed by atoms with Crippen LogP contribution in [0, 0.1) is 55.7 Å². The molecule has 0 saturated heterocycles. The number of aliphatic carboxylic acids is 2. The molecule has 0 spiro atoms. The van der Waals surface area contributed by atoms with Gasteiger partial charge in [0.05, 0.1) is 24.4 Å². The van der Waals surface area contributed by atoms with Crippen molar-refractivity contribution in [2.75, 3.05) is 19.7 Å². The van der Waals surface area contributed by atoms with E-state index in [9.17, 15) is 44.8 Å². The Balaban J connectivity index is 1.35. The lowest BCUT2D eigenvalue weighted by atomic mass is 9.76. The van der Waals surface area contributed by atoms with Gasteiger partial charge >= 0.3 is 11.9 Å². The maximum atomic E-state index is 12.7. The van der Waals surface area contributed by atoms with Gasteiger partial charge < -0.3 is 20.4 Å². The van der Waals surface area contributed by atoms with Gasteiger partial charge in [0, 0.05) is 54.5 Å².